The maximum absolute atomic E-state index is 6.47. The average molecular weight is 274 g/mol. The molecule has 0 saturated carbocycles. The summed E-state index contributed by atoms with van der Waals surface area (Å²) < 4.78 is 6.47. The Morgan fingerprint density at radius 2 is 1.28 bits per heavy atom. The third kappa shape index (κ3) is 7.74. The van der Waals surface area contributed by atoms with Crippen LogP contribution < -0.4 is 0 Å². The van der Waals surface area contributed by atoms with Gasteiger partial charge in [-0.2, -0.15) is 0 Å². The first-order valence-electron chi connectivity index (χ1n) is 8.02. The van der Waals surface area contributed by atoms with Crippen molar-refractivity contribution in [1.82, 2.24) is 0 Å². The molecular weight excluding hydrogens is 239 g/mol. The molecule has 0 bridgehead atoms. The van der Waals surface area contributed by atoms with Crippen LogP contribution in [-0.2, 0) is 4.74 Å². The average Bonchev–Trinajstić information content (AvgIpc) is 2.40. The van der Waals surface area contributed by atoms with E-state index in [9.17, 15) is 0 Å². The highest BCUT2D eigenvalue weighted by Gasteiger charge is 2.30. The van der Waals surface area contributed by atoms with E-state index in [1.807, 2.05) is 0 Å². The monoisotopic (exact) mass is 274 g/mol. The highest BCUT2D eigenvalue weighted by molar-refractivity contribution is 7.16. The summed E-state index contributed by atoms with van der Waals surface area (Å²) in [6, 6.07) is 0. The van der Waals surface area contributed by atoms with Gasteiger partial charge in [0.15, 0.2) is 0 Å². The standard InChI is InChI=1S/C16H35OP/c1-5-8-11-16(12-9-6-2,13-10-7-3)17-15(4)14-18/h15H,5-14,18H2,1-4H3. The first kappa shape index (κ1) is 18.4. The minimum Gasteiger partial charge on any atom is -0.372 e. The molecule has 0 spiro atoms. The van der Waals surface area contributed by atoms with Gasteiger partial charge in [0, 0.05) is 0 Å². The Balaban J connectivity index is 4.61. The van der Waals surface area contributed by atoms with Crippen LogP contribution in [0.15, 0.2) is 0 Å². The van der Waals surface area contributed by atoms with E-state index in [4.69, 9.17) is 4.74 Å². The van der Waals surface area contributed by atoms with Crippen LogP contribution in [0.2, 0.25) is 0 Å². The van der Waals surface area contributed by atoms with Gasteiger partial charge < -0.3 is 4.74 Å². The van der Waals surface area contributed by atoms with Crippen molar-refractivity contribution in [3.63, 3.8) is 0 Å². The van der Waals surface area contributed by atoms with Gasteiger partial charge in [0.1, 0.15) is 0 Å². The van der Waals surface area contributed by atoms with E-state index in [1.54, 1.807) is 0 Å². The first-order chi connectivity index (χ1) is 8.64. The zero-order valence-electron chi connectivity index (χ0n) is 13.1. The van der Waals surface area contributed by atoms with E-state index in [2.05, 4.69) is 36.9 Å². The number of hydrogen-bond acceptors (Lipinski definition) is 1. The van der Waals surface area contributed by atoms with E-state index in [-0.39, 0.29) is 5.60 Å². The van der Waals surface area contributed by atoms with E-state index >= 15 is 0 Å². The van der Waals surface area contributed by atoms with Gasteiger partial charge in [-0.25, -0.2) is 0 Å². The molecule has 2 heteroatoms. The predicted molar refractivity (Wildman–Crippen MR) is 86.4 cm³/mol. The Morgan fingerprint density at radius 1 is 0.889 bits per heavy atom. The van der Waals surface area contributed by atoms with Crippen molar-refractivity contribution < 1.29 is 4.74 Å². The summed E-state index contributed by atoms with van der Waals surface area (Å²) in [4.78, 5) is 0. The van der Waals surface area contributed by atoms with Crippen LogP contribution >= 0.6 is 9.24 Å². The molecule has 1 nitrogen and oxygen atoms in total. The van der Waals surface area contributed by atoms with E-state index in [0.717, 1.165) is 6.16 Å². The molecule has 0 N–H and O–H groups in total. The number of ether oxygens (including phenoxy) is 1. The summed E-state index contributed by atoms with van der Waals surface area (Å²) in [6.45, 7) is 9.06. The fourth-order valence-electron chi connectivity index (χ4n) is 2.52. The van der Waals surface area contributed by atoms with E-state index < -0.39 is 0 Å². The Kier molecular flexibility index (Phi) is 11.5. The summed E-state index contributed by atoms with van der Waals surface area (Å²) in [5.74, 6) is 0. The maximum atomic E-state index is 6.47. The summed E-state index contributed by atoms with van der Waals surface area (Å²) in [5, 5.41) is 0. The van der Waals surface area contributed by atoms with Crippen LogP contribution in [0.25, 0.3) is 0 Å². The molecule has 0 aliphatic carbocycles. The number of rotatable bonds is 12. The maximum Gasteiger partial charge on any atom is 0.0686 e. The number of hydrogen-bond donors (Lipinski definition) is 0. The summed E-state index contributed by atoms with van der Waals surface area (Å²) in [6.07, 6.45) is 12.9. The molecule has 18 heavy (non-hydrogen) atoms. The van der Waals surface area contributed by atoms with Crippen LogP contribution in [0.3, 0.4) is 0 Å². The van der Waals surface area contributed by atoms with Crippen LogP contribution in [0.4, 0.5) is 0 Å². The molecular formula is C16H35OP. The summed E-state index contributed by atoms with van der Waals surface area (Å²) >= 11 is 0. The Hall–Kier alpha value is 0.390. The van der Waals surface area contributed by atoms with E-state index in [1.165, 1.54) is 57.8 Å². The topological polar surface area (TPSA) is 9.23 Å². The molecule has 0 rings (SSSR count). The molecule has 0 saturated heterocycles. The van der Waals surface area contributed by atoms with Crippen molar-refractivity contribution in [3.8, 4) is 0 Å². The van der Waals surface area contributed by atoms with Gasteiger partial charge in [-0.1, -0.05) is 59.3 Å². The highest BCUT2D eigenvalue weighted by Crippen LogP contribution is 2.33. The summed E-state index contributed by atoms with van der Waals surface area (Å²) in [7, 11) is 2.82. The van der Waals surface area contributed by atoms with Crippen LogP contribution in [0, 0.1) is 0 Å². The van der Waals surface area contributed by atoms with Gasteiger partial charge >= 0.3 is 0 Å². The predicted octanol–water partition coefficient (Wildman–Crippen LogP) is 5.58. The molecule has 0 aromatic carbocycles. The molecule has 2 atom stereocenters. The Bertz CT molecular complexity index is 160. The van der Waals surface area contributed by atoms with Gasteiger partial charge in [-0.3, -0.25) is 0 Å². The largest absolute Gasteiger partial charge is 0.372 e. The van der Waals surface area contributed by atoms with Gasteiger partial charge in [-0.15, -0.1) is 9.24 Å². The van der Waals surface area contributed by atoms with Crippen LogP contribution in [-0.4, -0.2) is 17.9 Å². The van der Waals surface area contributed by atoms with Crippen molar-refractivity contribution in [2.45, 2.75) is 97.2 Å². The zero-order chi connectivity index (χ0) is 13.9. The molecule has 0 fully saturated rings. The molecule has 0 radical (unpaired) electrons. The quantitative estimate of drug-likeness (QED) is 0.422. The fourth-order valence-corrected chi connectivity index (χ4v) is 2.62. The first-order valence-corrected chi connectivity index (χ1v) is 8.83. The second kappa shape index (κ2) is 11.2. The van der Waals surface area contributed by atoms with E-state index in [0.29, 0.717) is 6.10 Å². The van der Waals surface area contributed by atoms with Crippen molar-refractivity contribution in [2.24, 2.45) is 0 Å². The van der Waals surface area contributed by atoms with Crippen molar-refractivity contribution in [3.05, 3.63) is 0 Å². The van der Waals surface area contributed by atoms with Crippen molar-refractivity contribution >= 4 is 9.24 Å². The zero-order valence-corrected chi connectivity index (χ0v) is 14.3. The van der Waals surface area contributed by atoms with Crippen molar-refractivity contribution in [2.75, 3.05) is 6.16 Å². The molecule has 0 aliphatic rings. The third-order valence-electron chi connectivity index (χ3n) is 3.74. The molecule has 0 amide bonds. The molecule has 2 unspecified atom stereocenters. The minimum atomic E-state index is 0.165. The van der Waals surface area contributed by atoms with Crippen molar-refractivity contribution in [1.29, 1.82) is 0 Å². The molecule has 0 heterocycles. The van der Waals surface area contributed by atoms with Gasteiger partial charge in [0.2, 0.25) is 0 Å². The van der Waals surface area contributed by atoms with Crippen LogP contribution in [0.1, 0.15) is 85.5 Å². The minimum absolute atomic E-state index is 0.165. The van der Waals surface area contributed by atoms with Gasteiger partial charge in [0.25, 0.3) is 0 Å². The lowest BCUT2D eigenvalue weighted by Crippen LogP contribution is -2.36. The smallest absolute Gasteiger partial charge is 0.0686 e. The van der Waals surface area contributed by atoms with Gasteiger partial charge in [-0.05, 0) is 32.3 Å². The Morgan fingerprint density at radius 3 is 1.56 bits per heavy atom. The lowest BCUT2D eigenvalue weighted by atomic mass is 9.85. The second-order valence-corrected chi connectivity index (χ2v) is 6.13. The molecule has 0 aromatic heterocycles. The third-order valence-corrected chi connectivity index (χ3v) is 4.40. The van der Waals surface area contributed by atoms with Crippen LogP contribution in [0.5, 0.6) is 0 Å². The SMILES string of the molecule is CCCCC(CCCC)(CCCC)OC(C)CP. The summed E-state index contributed by atoms with van der Waals surface area (Å²) in [5.41, 5.74) is 0.165. The highest BCUT2D eigenvalue weighted by atomic mass is 31.0. The fraction of sp³-hybridized carbons (Fsp3) is 1.00. The molecule has 0 aliphatic heterocycles. The lowest BCUT2D eigenvalue weighted by Gasteiger charge is -2.37. The Labute approximate surface area is 118 Å². The lowest BCUT2D eigenvalue weighted by molar-refractivity contribution is -0.0971. The molecule has 0 aromatic rings. The molecule has 110 valence electrons. The normalized spacial score (nSPS) is 13.8. The van der Waals surface area contributed by atoms with Gasteiger partial charge in [0.05, 0.1) is 11.7 Å². The number of unbranched alkanes of at least 4 members (excludes halogenated alkanes) is 3. The second-order valence-electron chi connectivity index (χ2n) is 5.66.